The van der Waals surface area contributed by atoms with E-state index < -0.39 is 0 Å². The first-order chi connectivity index (χ1) is 7.88. The lowest BCUT2D eigenvalue weighted by molar-refractivity contribution is 0.0868. The third-order valence-electron chi connectivity index (χ3n) is 2.91. The standard InChI is InChI=1S/C12H20N2O2/c13-9-11-3-4-12(16-11)10-15-8-7-14-5-1-2-6-14/h3-4H,1-2,5-10,13H2. The largest absolute Gasteiger partial charge is 0.462 e. The number of rotatable bonds is 6. The van der Waals surface area contributed by atoms with Crippen LogP contribution in [0, 0.1) is 0 Å². The molecule has 0 saturated carbocycles. The molecule has 1 aliphatic heterocycles. The highest BCUT2D eigenvalue weighted by atomic mass is 16.5. The molecule has 0 aliphatic carbocycles. The zero-order valence-electron chi connectivity index (χ0n) is 9.65. The van der Waals surface area contributed by atoms with Gasteiger partial charge in [-0.3, -0.25) is 0 Å². The molecule has 1 aromatic rings. The summed E-state index contributed by atoms with van der Waals surface area (Å²) in [5.41, 5.74) is 5.46. The molecular formula is C12H20N2O2. The Kier molecular flexibility index (Phi) is 4.39. The number of ether oxygens (including phenoxy) is 1. The summed E-state index contributed by atoms with van der Waals surface area (Å²) in [6, 6.07) is 3.83. The van der Waals surface area contributed by atoms with Gasteiger partial charge in [0.1, 0.15) is 18.1 Å². The van der Waals surface area contributed by atoms with Crippen molar-refractivity contribution in [3.63, 3.8) is 0 Å². The van der Waals surface area contributed by atoms with Gasteiger partial charge in [-0.2, -0.15) is 0 Å². The van der Waals surface area contributed by atoms with E-state index in [1.54, 1.807) is 0 Å². The van der Waals surface area contributed by atoms with Gasteiger partial charge in [0.25, 0.3) is 0 Å². The van der Waals surface area contributed by atoms with E-state index in [0.29, 0.717) is 13.2 Å². The van der Waals surface area contributed by atoms with E-state index in [1.807, 2.05) is 12.1 Å². The average Bonchev–Trinajstić information content (AvgIpc) is 2.95. The summed E-state index contributed by atoms with van der Waals surface area (Å²) in [5, 5.41) is 0. The predicted octanol–water partition coefficient (Wildman–Crippen LogP) is 1.35. The van der Waals surface area contributed by atoms with Crippen LogP contribution < -0.4 is 5.73 Å². The summed E-state index contributed by atoms with van der Waals surface area (Å²) in [4.78, 5) is 2.44. The van der Waals surface area contributed by atoms with Crippen molar-refractivity contribution in [2.24, 2.45) is 5.73 Å². The molecule has 0 amide bonds. The minimum atomic E-state index is 0.452. The normalized spacial score (nSPS) is 17.1. The Hall–Kier alpha value is -0.840. The number of hydrogen-bond donors (Lipinski definition) is 1. The molecule has 2 heterocycles. The maximum absolute atomic E-state index is 5.56. The summed E-state index contributed by atoms with van der Waals surface area (Å²) in [5.74, 6) is 1.68. The maximum Gasteiger partial charge on any atom is 0.129 e. The van der Waals surface area contributed by atoms with Crippen molar-refractivity contribution in [3.8, 4) is 0 Å². The van der Waals surface area contributed by atoms with E-state index in [0.717, 1.165) is 24.7 Å². The van der Waals surface area contributed by atoms with E-state index >= 15 is 0 Å². The fourth-order valence-electron chi connectivity index (χ4n) is 1.98. The highest BCUT2D eigenvalue weighted by Gasteiger charge is 2.10. The summed E-state index contributed by atoms with van der Waals surface area (Å²) in [7, 11) is 0. The molecule has 2 rings (SSSR count). The van der Waals surface area contributed by atoms with Crippen LogP contribution >= 0.6 is 0 Å². The number of nitrogens with zero attached hydrogens (tertiary/aromatic N) is 1. The van der Waals surface area contributed by atoms with Gasteiger partial charge in [0.15, 0.2) is 0 Å². The molecule has 2 N–H and O–H groups in total. The SMILES string of the molecule is NCc1ccc(COCCN2CCCC2)o1. The van der Waals surface area contributed by atoms with Gasteiger partial charge in [0, 0.05) is 6.54 Å². The Balaban J connectivity index is 1.60. The second-order valence-electron chi connectivity index (χ2n) is 4.17. The third-order valence-corrected chi connectivity index (χ3v) is 2.91. The van der Waals surface area contributed by atoms with Gasteiger partial charge in [-0.05, 0) is 38.1 Å². The van der Waals surface area contributed by atoms with E-state index in [9.17, 15) is 0 Å². The molecular weight excluding hydrogens is 204 g/mol. The molecule has 0 unspecified atom stereocenters. The Morgan fingerprint density at radius 2 is 2.00 bits per heavy atom. The topological polar surface area (TPSA) is 51.6 Å². The van der Waals surface area contributed by atoms with Gasteiger partial charge in [0.2, 0.25) is 0 Å². The lowest BCUT2D eigenvalue weighted by Crippen LogP contribution is -2.23. The molecule has 1 saturated heterocycles. The van der Waals surface area contributed by atoms with Crippen LogP contribution in [0.5, 0.6) is 0 Å². The van der Waals surface area contributed by atoms with Crippen molar-refractivity contribution >= 4 is 0 Å². The lowest BCUT2D eigenvalue weighted by Gasteiger charge is -2.13. The van der Waals surface area contributed by atoms with E-state index in [4.69, 9.17) is 14.9 Å². The van der Waals surface area contributed by atoms with Crippen LogP contribution in [0.4, 0.5) is 0 Å². The lowest BCUT2D eigenvalue weighted by atomic mass is 10.4. The van der Waals surface area contributed by atoms with E-state index in [-0.39, 0.29) is 0 Å². The van der Waals surface area contributed by atoms with Gasteiger partial charge < -0.3 is 19.8 Å². The Morgan fingerprint density at radius 3 is 2.69 bits per heavy atom. The van der Waals surface area contributed by atoms with Crippen LogP contribution in [0.15, 0.2) is 16.5 Å². The monoisotopic (exact) mass is 224 g/mol. The van der Waals surface area contributed by atoms with Crippen molar-refractivity contribution in [1.82, 2.24) is 4.90 Å². The van der Waals surface area contributed by atoms with Crippen molar-refractivity contribution in [3.05, 3.63) is 23.7 Å². The zero-order chi connectivity index (χ0) is 11.2. The first-order valence-corrected chi connectivity index (χ1v) is 5.96. The van der Waals surface area contributed by atoms with Gasteiger partial charge >= 0.3 is 0 Å². The van der Waals surface area contributed by atoms with E-state index in [2.05, 4.69) is 4.90 Å². The quantitative estimate of drug-likeness (QED) is 0.741. The molecule has 16 heavy (non-hydrogen) atoms. The molecule has 0 radical (unpaired) electrons. The molecule has 0 spiro atoms. The predicted molar refractivity (Wildman–Crippen MR) is 61.9 cm³/mol. The molecule has 0 atom stereocenters. The van der Waals surface area contributed by atoms with Crippen molar-refractivity contribution in [2.75, 3.05) is 26.2 Å². The molecule has 1 aromatic heterocycles. The number of likely N-dealkylation sites (tertiary alicyclic amines) is 1. The first kappa shape index (κ1) is 11.6. The van der Waals surface area contributed by atoms with E-state index in [1.165, 1.54) is 25.9 Å². The third kappa shape index (κ3) is 3.33. The van der Waals surface area contributed by atoms with Crippen LogP contribution in [0.3, 0.4) is 0 Å². The second kappa shape index (κ2) is 6.03. The van der Waals surface area contributed by atoms with Crippen LogP contribution in [0.1, 0.15) is 24.4 Å². The smallest absolute Gasteiger partial charge is 0.129 e. The van der Waals surface area contributed by atoms with Gasteiger partial charge in [0.05, 0.1) is 13.2 Å². The van der Waals surface area contributed by atoms with Gasteiger partial charge in [-0.15, -0.1) is 0 Å². The van der Waals surface area contributed by atoms with Crippen molar-refractivity contribution in [1.29, 1.82) is 0 Å². The Morgan fingerprint density at radius 1 is 1.25 bits per heavy atom. The Labute approximate surface area is 96.4 Å². The van der Waals surface area contributed by atoms with Crippen molar-refractivity contribution in [2.45, 2.75) is 26.0 Å². The van der Waals surface area contributed by atoms with Gasteiger partial charge in [-0.25, -0.2) is 0 Å². The average molecular weight is 224 g/mol. The second-order valence-corrected chi connectivity index (χ2v) is 4.17. The molecule has 90 valence electrons. The maximum atomic E-state index is 5.56. The van der Waals surface area contributed by atoms with Crippen LogP contribution in [0.25, 0.3) is 0 Å². The zero-order valence-corrected chi connectivity index (χ0v) is 9.65. The summed E-state index contributed by atoms with van der Waals surface area (Å²) >= 11 is 0. The van der Waals surface area contributed by atoms with Crippen molar-refractivity contribution < 1.29 is 9.15 Å². The summed E-state index contributed by atoms with van der Waals surface area (Å²) in [6.07, 6.45) is 2.66. The molecule has 0 aromatic carbocycles. The van der Waals surface area contributed by atoms with Gasteiger partial charge in [-0.1, -0.05) is 0 Å². The molecule has 4 heteroatoms. The molecule has 1 fully saturated rings. The summed E-state index contributed by atoms with van der Waals surface area (Å²) in [6.45, 7) is 5.26. The fourth-order valence-corrected chi connectivity index (χ4v) is 1.98. The Bertz CT molecular complexity index is 306. The fraction of sp³-hybridized carbons (Fsp3) is 0.667. The first-order valence-electron chi connectivity index (χ1n) is 5.96. The molecule has 0 bridgehead atoms. The molecule has 1 aliphatic rings. The highest BCUT2D eigenvalue weighted by molar-refractivity contribution is 5.05. The minimum Gasteiger partial charge on any atom is -0.462 e. The minimum absolute atomic E-state index is 0.452. The number of hydrogen-bond acceptors (Lipinski definition) is 4. The highest BCUT2D eigenvalue weighted by Crippen LogP contribution is 2.09. The number of nitrogens with two attached hydrogens (primary N) is 1. The van der Waals surface area contributed by atoms with Crippen LogP contribution in [-0.2, 0) is 17.9 Å². The number of furan rings is 1. The van der Waals surface area contributed by atoms with Crippen LogP contribution in [0.2, 0.25) is 0 Å². The van der Waals surface area contributed by atoms with Crippen LogP contribution in [-0.4, -0.2) is 31.1 Å². The molecule has 4 nitrogen and oxygen atoms in total. The summed E-state index contributed by atoms with van der Waals surface area (Å²) < 4.78 is 11.0.